The molecule has 2 aliphatic rings. The monoisotopic (exact) mass is 542 g/mol. The number of Topliss-reactive ketones (excluding diaryl/α,β-unsaturated/α-hetero) is 1. The summed E-state index contributed by atoms with van der Waals surface area (Å²) in [5.74, 6) is -0.820. The van der Waals surface area contributed by atoms with Crippen molar-refractivity contribution in [1.82, 2.24) is 0 Å². The molecule has 38 heavy (non-hydrogen) atoms. The Hall–Kier alpha value is -3.38. The Morgan fingerprint density at radius 1 is 1.21 bits per heavy atom. The number of nitrogens with two attached hydrogens (primary N) is 1. The lowest BCUT2D eigenvalue weighted by atomic mass is 9.72. The maximum atomic E-state index is 13.9. The van der Waals surface area contributed by atoms with Gasteiger partial charge in [-0.3, -0.25) is 19.2 Å². The second-order valence-electron chi connectivity index (χ2n) is 10.9. The van der Waals surface area contributed by atoms with Crippen LogP contribution in [-0.4, -0.2) is 37.5 Å². The van der Waals surface area contributed by atoms with Crippen molar-refractivity contribution in [2.24, 2.45) is 16.0 Å². The molecule has 1 aliphatic heterocycles. The van der Waals surface area contributed by atoms with E-state index in [4.69, 9.17) is 10.5 Å². The molecule has 0 fully saturated rings. The number of ether oxygens (including phenoxy) is 1. The SMILES string of the molecule is CC(C)CCC1(N)C(=O)C(C2=NS(O)(O)c3cc(NC(=O)OC(C)(C)C)ccc3N2)=C(O)c2ccccc21. The van der Waals surface area contributed by atoms with Gasteiger partial charge in [-0.25, -0.2) is 4.79 Å². The van der Waals surface area contributed by atoms with Crippen molar-refractivity contribution in [2.45, 2.75) is 63.5 Å². The predicted molar refractivity (Wildman–Crippen MR) is 149 cm³/mol. The maximum Gasteiger partial charge on any atom is 0.412 e. The van der Waals surface area contributed by atoms with Gasteiger partial charge in [0.2, 0.25) is 0 Å². The molecule has 0 saturated heterocycles. The highest BCUT2D eigenvalue weighted by Crippen LogP contribution is 2.56. The van der Waals surface area contributed by atoms with E-state index in [2.05, 4.69) is 15.0 Å². The van der Waals surface area contributed by atoms with Crippen LogP contribution in [0.2, 0.25) is 0 Å². The number of hydrogen-bond acceptors (Lipinski definition) is 9. The molecule has 1 aliphatic carbocycles. The van der Waals surface area contributed by atoms with Crippen LogP contribution in [-0.2, 0) is 15.1 Å². The van der Waals surface area contributed by atoms with Crippen LogP contribution in [0.5, 0.6) is 0 Å². The Morgan fingerprint density at radius 2 is 1.89 bits per heavy atom. The topological polar surface area (TPSA) is 166 Å². The number of hydrogen-bond donors (Lipinski definition) is 6. The summed E-state index contributed by atoms with van der Waals surface area (Å²) >= 11 is 0. The van der Waals surface area contributed by atoms with Gasteiger partial charge in [-0.2, -0.15) is 0 Å². The Labute approximate surface area is 223 Å². The number of amides is 1. The van der Waals surface area contributed by atoms with E-state index in [1.807, 2.05) is 13.8 Å². The fourth-order valence-electron chi connectivity index (χ4n) is 4.44. The first-order valence-electron chi connectivity index (χ1n) is 12.3. The second kappa shape index (κ2) is 9.73. The third-order valence-electron chi connectivity index (χ3n) is 6.28. The summed E-state index contributed by atoms with van der Waals surface area (Å²) < 4.78 is 31.2. The van der Waals surface area contributed by atoms with Crippen molar-refractivity contribution >= 4 is 45.6 Å². The van der Waals surface area contributed by atoms with Gasteiger partial charge in [0.15, 0.2) is 11.6 Å². The molecule has 2 aromatic carbocycles. The number of rotatable bonds is 5. The lowest BCUT2D eigenvalue weighted by Gasteiger charge is -2.39. The van der Waals surface area contributed by atoms with Crippen molar-refractivity contribution in [3.8, 4) is 0 Å². The molecule has 2 aromatic rings. The fraction of sp³-hybridized carbons (Fsp3) is 0.370. The summed E-state index contributed by atoms with van der Waals surface area (Å²) in [7, 11) is -3.83. The van der Waals surface area contributed by atoms with E-state index in [0.29, 0.717) is 24.0 Å². The Kier molecular flexibility index (Phi) is 7.08. The van der Waals surface area contributed by atoms with E-state index in [1.165, 1.54) is 18.2 Å². The molecular weight excluding hydrogens is 508 g/mol. The molecule has 10 nitrogen and oxygen atoms in total. The van der Waals surface area contributed by atoms with Crippen LogP contribution in [0.15, 0.2) is 57.3 Å². The van der Waals surface area contributed by atoms with Crippen molar-refractivity contribution in [3.05, 3.63) is 59.2 Å². The van der Waals surface area contributed by atoms with E-state index in [0.717, 1.165) is 0 Å². The Bertz CT molecular complexity index is 1360. The average molecular weight is 543 g/mol. The normalized spacial score (nSPS) is 21.2. The van der Waals surface area contributed by atoms with Crippen molar-refractivity contribution in [3.63, 3.8) is 0 Å². The van der Waals surface area contributed by atoms with E-state index >= 15 is 0 Å². The van der Waals surface area contributed by atoms with Gasteiger partial charge in [0.25, 0.3) is 0 Å². The Morgan fingerprint density at radius 3 is 2.55 bits per heavy atom. The summed E-state index contributed by atoms with van der Waals surface area (Å²) in [4.78, 5) is 26.0. The number of nitrogens with one attached hydrogen (secondary N) is 2. The number of fused-ring (bicyclic) bond motifs is 2. The van der Waals surface area contributed by atoms with Gasteiger partial charge >= 0.3 is 6.09 Å². The van der Waals surface area contributed by atoms with Crippen LogP contribution in [0, 0.1) is 5.92 Å². The highest BCUT2D eigenvalue weighted by molar-refractivity contribution is 8.23. The zero-order valence-electron chi connectivity index (χ0n) is 22.0. The highest BCUT2D eigenvalue weighted by Gasteiger charge is 2.47. The molecule has 1 heterocycles. The number of nitrogens with zero attached hydrogens (tertiary/aromatic N) is 1. The van der Waals surface area contributed by atoms with Crippen molar-refractivity contribution in [1.29, 1.82) is 0 Å². The highest BCUT2D eigenvalue weighted by atomic mass is 32.3. The second-order valence-corrected chi connectivity index (χ2v) is 12.6. The van der Waals surface area contributed by atoms with Gasteiger partial charge < -0.3 is 20.9 Å². The molecular formula is C27H34N4O6S. The largest absolute Gasteiger partial charge is 0.506 e. The first-order chi connectivity index (χ1) is 17.6. The lowest BCUT2D eigenvalue weighted by Crippen LogP contribution is -2.50. The summed E-state index contributed by atoms with van der Waals surface area (Å²) in [5, 5.41) is 16.7. The summed E-state index contributed by atoms with van der Waals surface area (Å²) in [6, 6.07) is 11.3. The number of amidine groups is 1. The molecule has 7 N–H and O–H groups in total. The van der Waals surface area contributed by atoms with E-state index in [1.54, 1.807) is 45.0 Å². The van der Waals surface area contributed by atoms with Gasteiger partial charge in [0.1, 0.15) is 27.4 Å². The van der Waals surface area contributed by atoms with Crippen LogP contribution >= 0.6 is 10.8 Å². The van der Waals surface area contributed by atoms with E-state index in [9.17, 15) is 23.8 Å². The van der Waals surface area contributed by atoms with Gasteiger partial charge in [-0.15, -0.1) is 4.40 Å². The molecule has 1 atom stereocenters. The lowest BCUT2D eigenvalue weighted by molar-refractivity contribution is -0.120. The van der Waals surface area contributed by atoms with Crippen molar-refractivity contribution in [2.75, 3.05) is 10.6 Å². The molecule has 1 amide bonds. The average Bonchev–Trinajstić information content (AvgIpc) is 2.80. The minimum atomic E-state index is -3.83. The first kappa shape index (κ1) is 27.6. The number of aliphatic hydroxyl groups is 1. The summed E-state index contributed by atoms with van der Waals surface area (Å²) in [6.07, 6.45) is 0.289. The molecule has 4 rings (SSSR count). The number of benzene rings is 2. The molecule has 11 heteroatoms. The minimum Gasteiger partial charge on any atom is -0.506 e. The van der Waals surface area contributed by atoms with Crippen molar-refractivity contribution < 1.29 is 28.5 Å². The Balaban J connectivity index is 1.73. The molecule has 0 bridgehead atoms. The first-order valence-corrected chi connectivity index (χ1v) is 13.8. The van der Waals surface area contributed by atoms with Gasteiger partial charge in [-0.05, 0) is 63.3 Å². The van der Waals surface area contributed by atoms with Gasteiger partial charge in [0, 0.05) is 11.3 Å². The van der Waals surface area contributed by atoms with Crippen LogP contribution in [0.25, 0.3) is 5.76 Å². The molecule has 0 saturated carbocycles. The molecule has 0 aromatic heterocycles. The zero-order chi connectivity index (χ0) is 28.0. The number of ketones is 1. The quantitative estimate of drug-likeness (QED) is 0.266. The number of carbonyl (C=O) groups excluding carboxylic acids is 2. The van der Waals surface area contributed by atoms with Gasteiger partial charge in [0.05, 0.1) is 5.69 Å². The van der Waals surface area contributed by atoms with Crippen LogP contribution in [0.1, 0.15) is 58.6 Å². The zero-order valence-corrected chi connectivity index (χ0v) is 22.8. The molecule has 1 unspecified atom stereocenters. The summed E-state index contributed by atoms with van der Waals surface area (Å²) in [5.41, 5.74) is 5.80. The third kappa shape index (κ3) is 5.28. The third-order valence-corrected chi connectivity index (χ3v) is 7.64. The maximum absolute atomic E-state index is 13.9. The minimum absolute atomic E-state index is 0.0115. The van der Waals surface area contributed by atoms with Crippen LogP contribution in [0.3, 0.4) is 0 Å². The van der Waals surface area contributed by atoms with Gasteiger partial charge in [-0.1, -0.05) is 48.9 Å². The fourth-order valence-corrected chi connectivity index (χ4v) is 5.63. The molecule has 0 radical (unpaired) electrons. The predicted octanol–water partition coefficient (Wildman–Crippen LogP) is 6.02. The van der Waals surface area contributed by atoms with E-state index < -0.39 is 33.8 Å². The number of carbonyl (C=O) groups is 2. The number of aliphatic hydroxyl groups excluding tert-OH is 1. The van der Waals surface area contributed by atoms with E-state index in [-0.39, 0.29) is 39.4 Å². The number of anilines is 2. The van der Waals surface area contributed by atoms with Crippen LogP contribution in [0.4, 0.5) is 16.2 Å². The molecule has 204 valence electrons. The summed E-state index contributed by atoms with van der Waals surface area (Å²) in [6.45, 7) is 9.24. The molecule has 0 spiro atoms. The van der Waals surface area contributed by atoms with Crippen LogP contribution < -0.4 is 16.4 Å². The smallest absolute Gasteiger partial charge is 0.412 e. The standard InChI is InChI=1S/C27H34N4O6S/c1-15(2)12-13-27(28)18-9-7-6-8-17(18)22(32)21(23(27)33)24-30-19-11-10-16(14-20(19)38(35,36)31-24)29-25(34)37-26(3,4)5/h6-11,14-15,32,35-36H,12-13,28H2,1-5H3,(H,29,34)(H,30,31).